The standard InChI is InChI=1S/C2H5FO4S.Li.H/c3-1-2-7-8(4,5)6;;/h1-2H2,(H,4,5,6);;. The zero-order valence-electron chi connectivity index (χ0n) is 3.87. The molecule has 0 unspecified atom stereocenters. The van der Waals surface area contributed by atoms with Gasteiger partial charge >= 0.3 is 29.3 Å². The molecule has 0 radical (unpaired) electrons. The van der Waals surface area contributed by atoms with E-state index < -0.39 is 23.7 Å². The van der Waals surface area contributed by atoms with Gasteiger partial charge in [0.1, 0.15) is 6.67 Å². The zero-order valence-corrected chi connectivity index (χ0v) is 4.69. The fourth-order valence-electron chi connectivity index (χ4n) is 0.137. The fraction of sp³-hybridized carbons (Fsp3) is 1.00. The third-order valence-corrected chi connectivity index (χ3v) is 0.774. The van der Waals surface area contributed by atoms with E-state index in [4.69, 9.17) is 4.55 Å². The number of hydrogen-bond acceptors (Lipinski definition) is 3. The average Bonchev–Trinajstić information content (AvgIpc) is 1.59. The van der Waals surface area contributed by atoms with Gasteiger partial charge in [-0.1, -0.05) is 0 Å². The van der Waals surface area contributed by atoms with E-state index in [0.717, 1.165) is 0 Å². The predicted molar refractivity (Wildman–Crippen MR) is 30.6 cm³/mol. The van der Waals surface area contributed by atoms with Gasteiger partial charge in [-0.15, -0.1) is 0 Å². The summed E-state index contributed by atoms with van der Waals surface area (Å²) in [5, 5.41) is 0. The number of halogens is 1. The molecule has 4 nitrogen and oxygen atoms in total. The van der Waals surface area contributed by atoms with E-state index in [0.29, 0.717) is 0 Å². The van der Waals surface area contributed by atoms with Crippen molar-refractivity contribution in [3.8, 4) is 0 Å². The third-order valence-electron chi connectivity index (χ3n) is 0.309. The quantitative estimate of drug-likeness (QED) is 0.421. The summed E-state index contributed by atoms with van der Waals surface area (Å²) in [6.45, 7) is -1.56. The van der Waals surface area contributed by atoms with Gasteiger partial charge in [-0.3, -0.25) is 4.55 Å². The van der Waals surface area contributed by atoms with Gasteiger partial charge in [-0.25, -0.2) is 8.57 Å². The molecule has 0 atom stereocenters. The molecule has 0 aliphatic carbocycles. The van der Waals surface area contributed by atoms with Crippen LogP contribution in [-0.4, -0.2) is 45.1 Å². The summed E-state index contributed by atoms with van der Waals surface area (Å²) >= 11 is 0. The SMILES string of the molecule is O=S(=O)(O)OCCF.[LiH]. The van der Waals surface area contributed by atoms with Crippen LogP contribution in [0, 0.1) is 0 Å². The van der Waals surface area contributed by atoms with Gasteiger partial charge < -0.3 is 0 Å². The van der Waals surface area contributed by atoms with E-state index in [1.165, 1.54) is 0 Å². The van der Waals surface area contributed by atoms with E-state index in [1.54, 1.807) is 0 Å². The second-order valence-electron chi connectivity index (χ2n) is 0.939. The first-order valence-electron chi connectivity index (χ1n) is 1.74. The van der Waals surface area contributed by atoms with Crippen LogP contribution in [-0.2, 0) is 14.6 Å². The van der Waals surface area contributed by atoms with E-state index in [-0.39, 0.29) is 18.9 Å². The predicted octanol–water partition coefficient (Wildman–Crippen LogP) is -0.873. The zero-order chi connectivity index (χ0) is 6.62. The molecule has 0 aliphatic rings. The number of hydrogen-bond donors (Lipinski definition) is 1. The van der Waals surface area contributed by atoms with Crippen LogP contribution < -0.4 is 0 Å². The molecule has 0 rings (SSSR count). The van der Waals surface area contributed by atoms with Crippen LogP contribution in [0.2, 0.25) is 0 Å². The first kappa shape index (κ1) is 12.1. The first-order chi connectivity index (χ1) is 3.56. The summed E-state index contributed by atoms with van der Waals surface area (Å²) in [7, 11) is -4.43. The Morgan fingerprint density at radius 3 is 2.11 bits per heavy atom. The molecule has 0 fully saturated rings. The van der Waals surface area contributed by atoms with Crippen molar-refractivity contribution in [3.05, 3.63) is 0 Å². The molecule has 7 heteroatoms. The van der Waals surface area contributed by atoms with Crippen LogP contribution in [0.3, 0.4) is 0 Å². The Balaban J connectivity index is 0. The molecule has 0 aromatic heterocycles. The second-order valence-corrected chi connectivity index (χ2v) is 2.03. The van der Waals surface area contributed by atoms with Crippen molar-refractivity contribution in [2.45, 2.75) is 0 Å². The molecular formula is C2H6FLiO4S. The van der Waals surface area contributed by atoms with Crippen molar-refractivity contribution >= 4 is 29.3 Å². The summed E-state index contributed by atoms with van der Waals surface area (Å²) < 4.78 is 41.4. The maximum absolute atomic E-state index is 11.0. The van der Waals surface area contributed by atoms with Crippen LogP contribution in [0.25, 0.3) is 0 Å². The summed E-state index contributed by atoms with van der Waals surface area (Å²) in [5.41, 5.74) is 0. The van der Waals surface area contributed by atoms with E-state index >= 15 is 0 Å². The summed E-state index contributed by atoms with van der Waals surface area (Å²) in [6, 6.07) is 0. The van der Waals surface area contributed by atoms with Crippen molar-refractivity contribution in [3.63, 3.8) is 0 Å². The van der Waals surface area contributed by atoms with Gasteiger partial charge in [0.05, 0.1) is 6.61 Å². The van der Waals surface area contributed by atoms with Crippen LogP contribution in [0.15, 0.2) is 0 Å². The van der Waals surface area contributed by atoms with Crippen LogP contribution in [0.4, 0.5) is 4.39 Å². The molecule has 0 aromatic rings. The van der Waals surface area contributed by atoms with Crippen molar-refractivity contribution < 1.29 is 21.5 Å². The average molecular weight is 152 g/mol. The van der Waals surface area contributed by atoms with Gasteiger partial charge in [-0.05, 0) is 0 Å². The normalized spacial score (nSPS) is 10.4. The Kier molecular flexibility index (Phi) is 7.00. The Morgan fingerprint density at radius 2 is 2.00 bits per heavy atom. The monoisotopic (exact) mass is 152 g/mol. The fourth-order valence-corrected chi connectivity index (χ4v) is 0.410. The topological polar surface area (TPSA) is 63.6 Å². The molecule has 0 aromatic carbocycles. The molecule has 9 heavy (non-hydrogen) atoms. The number of rotatable bonds is 3. The van der Waals surface area contributed by atoms with Crippen molar-refractivity contribution in [1.29, 1.82) is 0 Å². The van der Waals surface area contributed by atoms with Gasteiger partial charge in [0.15, 0.2) is 0 Å². The Morgan fingerprint density at radius 1 is 1.56 bits per heavy atom. The Hall–Kier alpha value is 0.397. The van der Waals surface area contributed by atoms with Crippen LogP contribution in [0.1, 0.15) is 0 Å². The molecule has 0 amide bonds. The van der Waals surface area contributed by atoms with Crippen molar-refractivity contribution in [2.75, 3.05) is 13.3 Å². The molecule has 0 saturated heterocycles. The van der Waals surface area contributed by atoms with Gasteiger partial charge in [-0.2, -0.15) is 8.42 Å². The van der Waals surface area contributed by atoms with Crippen molar-refractivity contribution in [1.82, 2.24) is 0 Å². The van der Waals surface area contributed by atoms with Crippen LogP contribution >= 0.6 is 0 Å². The first-order valence-corrected chi connectivity index (χ1v) is 3.10. The minimum absolute atomic E-state index is 0. The molecule has 0 bridgehead atoms. The van der Waals surface area contributed by atoms with Crippen molar-refractivity contribution in [2.24, 2.45) is 0 Å². The molecule has 0 saturated carbocycles. The van der Waals surface area contributed by atoms with Crippen LogP contribution in [0.5, 0.6) is 0 Å². The molecule has 0 heterocycles. The summed E-state index contributed by atoms with van der Waals surface area (Å²) in [4.78, 5) is 0. The van der Waals surface area contributed by atoms with Gasteiger partial charge in [0.25, 0.3) is 0 Å². The third kappa shape index (κ3) is 11.8. The second kappa shape index (κ2) is 5.20. The van der Waals surface area contributed by atoms with E-state index in [9.17, 15) is 12.8 Å². The molecular weight excluding hydrogens is 146 g/mol. The Bertz CT molecular complexity index is 143. The maximum atomic E-state index is 11.0. The van der Waals surface area contributed by atoms with Gasteiger partial charge in [0.2, 0.25) is 0 Å². The molecule has 52 valence electrons. The summed E-state index contributed by atoms with van der Waals surface area (Å²) in [5.74, 6) is 0. The molecule has 1 N–H and O–H groups in total. The van der Waals surface area contributed by atoms with Gasteiger partial charge in [0, 0.05) is 0 Å². The molecule has 0 aliphatic heterocycles. The molecule has 0 spiro atoms. The van der Waals surface area contributed by atoms with E-state index in [1.807, 2.05) is 0 Å². The number of alkyl halides is 1. The minimum atomic E-state index is -4.43. The Labute approximate surface area is 64.5 Å². The summed E-state index contributed by atoms with van der Waals surface area (Å²) in [6.07, 6.45) is 0. The van der Waals surface area contributed by atoms with E-state index in [2.05, 4.69) is 4.18 Å².